The van der Waals surface area contributed by atoms with Crippen molar-refractivity contribution < 1.29 is 23.8 Å². The summed E-state index contributed by atoms with van der Waals surface area (Å²) in [5.74, 6) is -2.11. The van der Waals surface area contributed by atoms with Crippen molar-refractivity contribution in [3.63, 3.8) is 0 Å². The van der Waals surface area contributed by atoms with Gasteiger partial charge in [-0.1, -0.05) is 61.8 Å². The molecule has 0 unspecified atom stereocenters. The van der Waals surface area contributed by atoms with E-state index in [0.29, 0.717) is 18.7 Å². The van der Waals surface area contributed by atoms with E-state index in [9.17, 15) is 19.1 Å². The summed E-state index contributed by atoms with van der Waals surface area (Å²) >= 11 is 0. The van der Waals surface area contributed by atoms with E-state index in [1.807, 2.05) is 60.7 Å². The monoisotopic (exact) mass is 594 g/mol. The van der Waals surface area contributed by atoms with Gasteiger partial charge in [0, 0.05) is 17.3 Å². The molecule has 2 heterocycles. The van der Waals surface area contributed by atoms with Gasteiger partial charge in [-0.2, -0.15) is 0 Å². The number of phenolic OH excluding ortho intramolecular Hbond substituents is 1. The molecule has 1 aliphatic carbocycles. The van der Waals surface area contributed by atoms with E-state index < -0.39 is 11.7 Å². The zero-order valence-corrected chi connectivity index (χ0v) is 25.3. The third-order valence-corrected chi connectivity index (χ3v) is 9.26. The SMILES string of the molecule is CCC/C(=C\c1ccc(O)c(F)c1)CC[C@H]1OC[C@H]2C1=C(CC)C[C@H]1C(=O)N(c3ccc(Nc4ccccc4)cc3)C(=O)[C@H]12. The molecule has 0 saturated carbocycles. The van der Waals surface area contributed by atoms with E-state index in [-0.39, 0.29) is 35.5 Å². The molecule has 0 spiro atoms. The summed E-state index contributed by atoms with van der Waals surface area (Å²) in [4.78, 5) is 29.1. The number of amides is 2. The minimum absolute atomic E-state index is 0.0982. The van der Waals surface area contributed by atoms with Crippen LogP contribution in [-0.4, -0.2) is 29.6 Å². The fraction of sp³-hybridized carbons (Fsp3) is 0.351. The number of rotatable bonds is 10. The average Bonchev–Trinajstić information content (AvgIpc) is 3.56. The number of nitrogens with one attached hydrogen (secondary N) is 1. The molecule has 3 aliphatic rings. The van der Waals surface area contributed by atoms with Crippen LogP contribution in [0.5, 0.6) is 5.75 Å². The second-order valence-electron chi connectivity index (χ2n) is 12.0. The Hall–Kier alpha value is -4.23. The van der Waals surface area contributed by atoms with Gasteiger partial charge in [-0.05, 0) is 91.8 Å². The summed E-state index contributed by atoms with van der Waals surface area (Å²) in [6.07, 6.45) is 6.70. The Labute approximate surface area is 258 Å². The van der Waals surface area contributed by atoms with Crippen molar-refractivity contribution >= 4 is 35.0 Å². The smallest absolute Gasteiger partial charge is 0.238 e. The largest absolute Gasteiger partial charge is 0.505 e. The van der Waals surface area contributed by atoms with Crippen molar-refractivity contribution in [2.75, 3.05) is 16.8 Å². The molecule has 44 heavy (non-hydrogen) atoms. The van der Waals surface area contributed by atoms with Crippen molar-refractivity contribution in [2.24, 2.45) is 17.8 Å². The highest BCUT2D eigenvalue weighted by atomic mass is 19.1. The molecule has 3 aromatic carbocycles. The average molecular weight is 595 g/mol. The number of benzene rings is 3. The van der Waals surface area contributed by atoms with Gasteiger partial charge in [0.15, 0.2) is 11.6 Å². The number of hydrogen-bond acceptors (Lipinski definition) is 5. The maximum absolute atomic E-state index is 14.0. The fourth-order valence-corrected chi connectivity index (χ4v) is 7.20. The molecule has 7 heteroatoms. The van der Waals surface area contributed by atoms with Crippen molar-refractivity contribution in [1.29, 1.82) is 0 Å². The van der Waals surface area contributed by atoms with Gasteiger partial charge < -0.3 is 15.2 Å². The quantitative estimate of drug-likeness (QED) is 0.183. The second kappa shape index (κ2) is 12.8. The van der Waals surface area contributed by atoms with Crippen LogP contribution in [0.15, 0.2) is 89.5 Å². The lowest BCUT2D eigenvalue weighted by Crippen LogP contribution is -2.34. The van der Waals surface area contributed by atoms with Gasteiger partial charge in [-0.3, -0.25) is 14.5 Å². The second-order valence-corrected chi connectivity index (χ2v) is 12.0. The van der Waals surface area contributed by atoms with E-state index in [1.165, 1.54) is 33.8 Å². The predicted molar refractivity (Wildman–Crippen MR) is 171 cm³/mol. The van der Waals surface area contributed by atoms with E-state index in [1.54, 1.807) is 6.07 Å². The van der Waals surface area contributed by atoms with Crippen LogP contribution >= 0.6 is 0 Å². The van der Waals surface area contributed by atoms with E-state index >= 15 is 0 Å². The van der Waals surface area contributed by atoms with Gasteiger partial charge in [0.1, 0.15) is 0 Å². The summed E-state index contributed by atoms with van der Waals surface area (Å²) in [5.41, 5.74) is 6.82. The zero-order valence-electron chi connectivity index (χ0n) is 25.3. The zero-order chi connectivity index (χ0) is 30.8. The number of nitrogens with zero attached hydrogens (tertiary/aromatic N) is 1. The molecule has 3 aromatic rings. The number of halogens is 1. The van der Waals surface area contributed by atoms with Crippen molar-refractivity contribution in [3.8, 4) is 5.75 Å². The number of allylic oxidation sites excluding steroid dienone is 2. The topological polar surface area (TPSA) is 78.9 Å². The first-order chi connectivity index (χ1) is 21.4. The Kier molecular flexibility index (Phi) is 8.67. The highest BCUT2D eigenvalue weighted by molar-refractivity contribution is 6.22. The molecule has 4 atom stereocenters. The number of carbonyl (C=O) groups is 2. The number of fused-ring (bicyclic) bond motifs is 3. The van der Waals surface area contributed by atoms with Crippen LogP contribution in [0.25, 0.3) is 6.08 Å². The lowest BCUT2D eigenvalue weighted by molar-refractivity contribution is -0.122. The van der Waals surface area contributed by atoms with E-state index in [2.05, 4.69) is 19.2 Å². The third kappa shape index (κ3) is 5.81. The molecule has 2 N–H and O–H groups in total. The first-order valence-electron chi connectivity index (χ1n) is 15.7. The Balaban J connectivity index is 1.18. The molecule has 228 valence electrons. The first-order valence-corrected chi connectivity index (χ1v) is 15.7. The Morgan fingerprint density at radius 2 is 1.73 bits per heavy atom. The summed E-state index contributed by atoms with van der Waals surface area (Å²) in [6.45, 7) is 4.68. The van der Waals surface area contributed by atoms with Crippen molar-refractivity contribution in [1.82, 2.24) is 0 Å². The number of hydrogen-bond donors (Lipinski definition) is 2. The van der Waals surface area contributed by atoms with Crippen LogP contribution in [0.2, 0.25) is 0 Å². The molecule has 2 fully saturated rings. The molecule has 0 radical (unpaired) electrons. The van der Waals surface area contributed by atoms with Crippen LogP contribution in [-0.2, 0) is 14.3 Å². The lowest BCUT2D eigenvalue weighted by atomic mass is 9.69. The Morgan fingerprint density at radius 1 is 0.977 bits per heavy atom. The summed E-state index contributed by atoms with van der Waals surface area (Å²) in [7, 11) is 0. The standard InChI is InChI=1S/C37H39FN2O4/c1-3-8-23(19-24-11-17-32(41)31(38)20-24)12-18-33-34-25(4-2)21-29-35(30(34)22-44-33)37(43)40(36(29)42)28-15-13-27(14-16-28)39-26-9-6-5-7-10-26/h5-7,9-11,13-17,19-20,29-30,33,35,39,41H,3-4,8,12,18,21-22H2,1-2H3/b23-19+/t29-,30+,33-,35-/m1/s1. The number of para-hydroxylation sites is 1. The summed E-state index contributed by atoms with van der Waals surface area (Å²) in [6, 6.07) is 21.8. The third-order valence-electron chi connectivity index (χ3n) is 9.26. The molecule has 2 aliphatic heterocycles. The normalized spacial score (nSPS) is 23.2. The maximum Gasteiger partial charge on any atom is 0.238 e. The van der Waals surface area contributed by atoms with Gasteiger partial charge in [-0.15, -0.1) is 0 Å². The molecule has 2 amide bonds. The lowest BCUT2D eigenvalue weighted by Gasteiger charge is -2.31. The van der Waals surface area contributed by atoms with Crippen LogP contribution in [0, 0.1) is 23.6 Å². The van der Waals surface area contributed by atoms with Gasteiger partial charge in [0.2, 0.25) is 11.8 Å². The maximum atomic E-state index is 14.0. The molecule has 2 saturated heterocycles. The number of anilines is 3. The Morgan fingerprint density at radius 3 is 2.43 bits per heavy atom. The van der Waals surface area contributed by atoms with E-state index in [0.717, 1.165) is 49.0 Å². The number of imide groups is 1. The van der Waals surface area contributed by atoms with Gasteiger partial charge in [0.25, 0.3) is 0 Å². The first kappa shape index (κ1) is 29.8. The van der Waals surface area contributed by atoms with Crippen molar-refractivity contribution in [2.45, 2.75) is 58.5 Å². The molecule has 0 aromatic heterocycles. The number of phenols is 1. The van der Waals surface area contributed by atoms with Crippen LogP contribution in [0.1, 0.15) is 57.9 Å². The van der Waals surface area contributed by atoms with Gasteiger partial charge in [0.05, 0.1) is 30.2 Å². The molecule has 6 rings (SSSR count). The van der Waals surface area contributed by atoms with E-state index in [4.69, 9.17) is 4.74 Å². The molecule has 0 bridgehead atoms. The number of ether oxygens (including phenoxy) is 1. The molecular weight excluding hydrogens is 555 g/mol. The highest BCUT2D eigenvalue weighted by Crippen LogP contribution is 2.51. The number of carbonyl (C=O) groups excluding carboxylic acids is 2. The number of aromatic hydroxyl groups is 1. The highest BCUT2D eigenvalue weighted by Gasteiger charge is 2.57. The summed E-state index contributed by atoms with van der Waals surface area (Å²) in [5, 5.41) is 12.9. The molecular formula is C37H39FN2O4. The predicted octanol–water partition coefficient (Wildman–Crippen LogP) is 8.17. The summed E-state index contributed by atoms with van der Waals surface area (Å²) < 4.78 is 20.3. The van der Waals surface area contributed by atoms with Crippen LogP contribution in [0.4, 0.5) is 21.5 Å². The van der Waals surface area contributed by atoms with Gasteiger partial charge >= 0.3 is 0 Å². The van der Waals surface area contributed by atoms with Crippen molar-refractivity contribution in [3.05, 3.63) is 101 Å². The minimum atomic E-state index is -0.629. The Bertz CT molecular complexity index is 1600. The minimum Gasteiger partial charge on any atom is -0.505 e. The fourth-order valence-electron chi connectivity index (χ4n) is 7.20. The molecule has 6 nitrogen and oxygen atoms in total. The van der Waals surface area contributed by atoms with Gasteiger partial charge in [-0.25, -0.2) is 4.39 Å². The van der Waals surface area contributed by atoms with Crippen LogP contribution < -0.4 is 10.2 Å². The van der Waals surface area contributed by atoms with Crippen LogP contribution in [0.3, 0.4) is 0 Å².